The van der Waals surface area contributed by atoms with E-state index in [0.717, 1.165) is 0 Å². The Kier molecular flexibility index (Phi) is 4.91. The third kappa shape index (κ3) is 3.76. The normalized spacial score (nSPS) is 22.8. The van der Waals surface area contributed by atoms with Crippen molar-refractivity contribution in [3.8, 4) is 0 Å². The van der Waals surface area contributed by atoms with Gasteiger partial charge in [-0.25, -0.2) is 0 Å². The number of benzene rings is 2. The van der Waals surface area contributed by atoms with E-state index in [1.807, 2.05) is 0 Å². The maximum absolute atomic E-state index is 4.17. The van der Waals surface area contributed by atoms with E-state index in [9.17, 15) is 0 Å². The molecule has 0 unspecified atom stereocenters. The monoisotopic (exact) mass is 414 g/mol. The zero-order chi connectivity index (χ0) is 19.4. The molecule has 0 atom stereocenters. The Labute approximate surface area is 163 Å². The minimum absolute atomic E-state index is 1.51. The number of rotatable bonds is 0. The first-order valence-corrected chi connectivity index (χ1v) is 21.6. The van der Waals surface area contributed by atoms with Crippen LogP contribution in [0.3, 0.4) is 0 Å². The van der Waals surface area contributed by atoms with Gasteiger partial charge in [0.15, 0.2) is 0 Å². The molecular formula is C20H34N2Si4. The van der Waals surface area contributed by atoms with Gasteiger partial charge >= 0.3 is 0 Å². The average Bonchev–Trinajstić information content (AvgIpc) is 2.52. The molecule has 0 aromatic heterocycles. The zero-order valence-corrected chi connectivity index (χ0v) is 21.6. The van der Waals surface area contributed by atoms with E-state index < -0.39 is 32.9 Å². The second kappa shape index (κ2) is 6.39. The predicted octanol–water partition coefficient (Wildman–Crippen LogP) is 2.23. The summed E-state index contributed by atoms with van der Waals surface area (Å²) in [6, 6.07) is 19.2. The van der Waals surface area contributed by atoms with Crippen molar-refractivity contribution < 1.29 is 0 Å². The van der Waals surface area contributed by atoms with Crippen molar-refractivity contribution in [2.24, 2.45) is 0 Å². The third-order valence-electron chi connectivity index (χ3n) is 5.91. The fourth-order valence-corrected chi connectivity index (χ4v) is 23.3. The fourth-order valence-electron chi connectivity index (χ4n) is 4.46. The highest BCUT2D eigenvalue weighted by Crippen LogP contribution is 2.11. The highest BCUT2D eigenvalue weighted by atomic mass is 28.4. The summed E-state index contributed by atoms with van der Waals surface area (Å²) in [4.78, 5) is 0. The smallest absolute Gasteiger partial charge is 0.145 e. The summed E-state index contributed by atoms with van der Waals surface area (Å²) in [7, 11) is -6.75. The number of hydrogen-bond acceptors (Lipinski definition) is 2. The Hall–Kier alpha value is -0.772. The lowest BCUT2D eigenvalue weighted by Crippen LogP contribution is -2.71. The minimum atomic E-state index is -1.69. The largest absolute Gasteiger partial charge is 0.353 e. The van der Waals surface area contributed by atoms with Gasteiger partial charge in [0.1, 0.15) is 32.9 Å². The topological polar surface area (TPSA) is 24.1 Å². The molecule has 4 aliphatic heterocycles. The molecule has 2 nitrogen and oxygen atoms in total. The van der Waals surface area contributed by atoms with Crippen molar-refractivity contribution in [3.63, 3.8) is 0 Å². The SMILES string of the molecule is C[Si]1(C)N[Si](C)(C)c2ccc(cc2)[Si](C)(C)N[Si](C)(C)c2ccc1cc2. The van der Waals surface area contributed by atoms with Gasteiger partial charge in [-0.3, -0.25) is 0 Å². The van der Waals surface area contributed by atoms with Crippen LogP contribution in [-0.4, -0.2) is 32.9 Å². The Morgan fingerprint density at radius 2 is 0.538 bits per heavy atom. The van der Waals surface area contributed by atoms with Crippen LogP contribution in [0.2, 0.25) is 52.4 Å². The second-order valence-corrected chi connectivity index (χ2v) is 27.2. The van der Waals surface area contributed by atoms with Gasteiger partial charge in [-0.15, -0.1) is 0 Å². The van der Waals surface area contributed by atoms with E-state index in [4.69, 9.17) is 0 Å². The van der Waals surface area contributed by atoms with Crippen LogP contribution in [-0.2, 0) is 0 Å². The van der Waals surface area contributed by atoms with Gasteiger partial charge in [0, 0.05) is 0 Å². The molecule has 2 N–H and O–H groups in total. The van der Waals surface area contributed by atoms with Crippen molar-refractivity contribution in [1.82, 2.24) is 9.30 Å². The second-order valence-electron chi connectivity index (χ2n) is 9.90. The summed E-state index contributed by atoms with van der Waals surface area (Å²) in [5, 5.41) is 6.04. The summed E-state index contributed by atoms with van der Waals surface area (Å²) in [6.45, 7) is 19.6. The molecule has 0 spiro atoms. The molecule has 0 saturated carbocycles. The van der Waals surface area contributed by atoms with Crippen LogP contribution >= 0.6 is 0 Å². The fraction of sp³-hybridized carbons (Fsp3) is 0.400. The molecule has 140 valence electrons. The molecule has 2 aromatic rings. The highest BCUT2D eigenvalue weighted by Gasteiger charge is 2.37. The molecule has 0 amide bonds. The van der Waals surface area contributed by atoms with Gasteiger partial charge in [-0.2, -0.15) is 0 Å². The molecule has 2 aromatic carbocycles. The van der Waals surface area contributed by atoms with E-state index >= 15 is 0 Å². The lowest BCUT2D eigenvalue weighted by Gasteiger charge is -2.38. The van der Waals surface area contributed by atoms with Crippen LogP contribution in [0.15, 0.2) is 48.5 Å². The molecular weight excluding hydrogens is 381 g/mol. The van der Waals surface area contributed by atoms with E-state index in [-0.39, 0.29) is 0 Å². The standard InChI is InChI=1S/C20H34N2Si4/c1-23(2)17-9-11-19(12-10-17)25(5,6)22-26(7,8)20-15-13-18(14-16-20)24(3,4)21-23/h9-16,21-22H,1-8H3. The summed E-state index contributed by atoms with van der Waals surface area (Å²) in [5.74, 6) is 0. The highest BCUT2D eigenvalue weighted by molar-refractivity contribution is 7.04. The van der Waals surface area contributed by atoms with Crippen LogP contribution in [0, 0.1) is 0 Å². The maximum Gasteiger partial charge on any atom is 0.145 e. The first-order chi connectivity index (χ1) is 11.8. The predicted molar refractivity (Wildman–Crippen MR) is 128 cm³/mol. The molecule has 26 heavy (non-hydrogen) atoms. The van der Waals surface area contributed by atoms with Gasteiger partial charge in [-0.05, 0) is 20.7 Å². The van der Waals surface area contributed by atoms with E-state index in [1.165, 1.54) is 20.7 Å². The van der Waals surface area contributed by atoms with Gasteiger partial charge < -0.3 is 9.30 Å². The van der Waals surface area contributed by atoms with Gasteiger partial charge in [-0.1, -0.05) is 101 Å². The number of hydrogen-bond donors (Lipinski definition) is 2. The maximum atomic E-state index is 4.17. The lowest BCUT2D eigenvalue weighted by molar-refractivity contribution is 1.32. The van der Waals surface area contributed by atoms with Gasteiger partial charge in [0.25, 0.3) is 0 Å². The molecule has 0 aliphatic carbocycles. The third-order valence-corrected chi connectivity index (χ3v) is 23.0. The summed E-state index contributed by atoms with van der Waals surface area (Å²) < 4.78 is 8.33. The Bertz CT molecular complexity index is 658. The molecule has 6 heteroatoms. The Morgan fingerprint density at radius 1 is 0.385 bits per heavy atom. The first-order valence-electron chi connectivity index (χ1n) is 9.64. The molecule has 0 fully saturated rings. The summed E-state index contributed by atoms with van der Waals surface area (Å²) in [5.41, 5.74) is 0. The zero-order valence-electron chi connectivity index (χ0n) is 17.6. The van der Waals surface area contributed by atoms with Crippen molar-refractivity contribution in [2.75, 3.05) is 0 Å². The first kappa shape index (κ1) is 20.0. The summed E-state index contributed by atoms with van der Waals surface area (Å²) in [6.07, 6.45) is 0. The van der Waals surface area contributed by atoms with E-state index in [1.54, 1.807) is 0 Å². The minimum Gasteiger partial charge on any atom is -0.353 e. The van der Waals surface area contributed by atoms with Crippen molar-refractivity contribution in [1.29, 1.82) is 0 Å². The van der Waals surface area contributed by atoms with Crippen molar-refractivity contribution in [2.45, 2.75) is 52.4 Å². The Balaban J connectivity index is 2.18. The van der Waals surface area contributed by atoms with Gasteiger partial charge in [0.2, 0.25) is 0 Å². The van der Waals surface area contributed by atoms with Crippen LogP contribution in [0.5, 0.6) is 0 Å². The molecule has 4 aliphatic rings. The molecule has 6 rings (SSSR count). The van der Waals surface area contributed by atoms with Crippen molar-refractivity contribution in [3.05, 3.63) is 48.5 Å². The Morgan fingerprint density at radius 3 is 0.692 bits per heavy atom. The quantitative estimate of drug-likeness (QED) is 0.646. The van der Waals surface area contributed by atoms with Crippen LogP contribution in [0.1, 0.15) is 0 Å². The van der Waals surface area contributed by atoms with E-state index in [2.05, 4.69) is 110 Å². The van der Waals surface area contributed by atoms with Gasteiger partial charge in [0.05, 0.1) is 0 Å². The molecule has 0 radical (unpaired) electrons. The molecule has 0 saturated heterocycles. The van der Waals surface area contributed by atoms with Crippen molar-refractivity contribution >= 4 is 53.7 Å². The number of nitrogens with one attached hydrogen (secondary N) is 2. The van der Waals surface area contributed by atoms with E-state index in [0.29, 0.717) is 0 Å². The molecule has 4 bridgehead atoms. The van der Waals surface area contributed by atoms with Crippen LogP contribution in [0.4, 0.5) is 0 Å². The lowest BCUT2D eigenvalue weighted by atomic mass is 10.4. The average molecular weight is 415 g/mol. The van der Waals surface area contributed by atoms with Crippen LogP contribution < -0.4 is 30.0 Å². The van der Waals surface area contributed by atoms with Crippen LogP contribution in [0.25, 0.3) is 0 Å². The molecule has 4 heterocycles. The summed E-state index contributed by atoms with van der Waals surface area (Å²) >= 11 is 0.